The normalized spacial score (nSPS) is 12.7. The molecular formula is C3H5F2NO4S. The molecule has 11 heavy (non-hydrogen) atoms. The molecular weight excluding hydrogens is 184 g/mol. The Bertz CT molecular complexity index is 259. The molecule has 0 amide bonds. The average Bonchev–Trinajstić information content (AvgIpc) is 1.83. The Morgan fingerprint density at radius 2 is 1.91 bits per heavy atom. The molecule has 0 bridgehead atoms. The summed E-state index contributed by atoms with van der Waals surface area (Å²) in [7, 11) is -4.60. The van der Waals surface area contributed by atoms with Gasteiger partial charge in [0.2, 0.25) is 0 Å². The van der Waals surface area contributed by atoms with Crippen LogP contribution in [0.15, 0.2) is 0 Å². The van der Waals surface area contributed by atoms with Crippen LogP contribution in [0.2, 0.25) is 0 Å². The van der Waals surface area contributed by atoms with Crippen LogP contribution in [0.25, 0.3) is 0 Å². The second-order valence-corrected chi connectivity index (χ2v) is 3.16. The number of primary sulfonamides is 1. The molecule has 0 rings (SSSR count). The molecule has 0 aromatic carbocycles. The Morgan fingerprint density at radius 1 is 1.55 bits per heavy atom. The number of ether oxygens (including phenoxy) is 1. The highest BCUT2D eigenvalue weighted by molar-refractivity contribution is 7.91. The third kappa shape index (κ3) is 1.84. The SMILES string of the molecule is COC(=O)C(F)(F)S(N)(=O)=O. The van der Waals surface area contributed by atoms with Gasteiger partial charge in [-0.05, 0) is 0 Å². The van der Waals surface area contributed by atoms with Crippen molar-refractivity contribution in [3.8, 4) is 0 Å². The van der Waals surface area contributed by atoms with Crippen LogP contribution in [0.3, 0.4) is 0 Å². The van der Waals surface area contributed by atoms with Gasteiger partial charge in [-0.2, -0.15) is 8.78 Å². The predicted octanol–water partition coefficient (Wildman–Crippen LogP) is -0.959. The van der Waals surface area contributed by atoms with Crippen LogP contribution in [-0.4, -0.2) is 26.8 Å². The van der Waals surface area contributed by atoms with E-state index in [1.807, 2.05) is 0 Å². The van der Waals surface area contributed by atoms with Crippen molar-refractivity contribution in [3.05, 3.63) is 0 Å². The fourth-order valence-corrected chi connectivity index (χ4v) is 0.551. The number of carbonyl (C=O) groups is 1. The predicted molar refractivity (Wildman–Crippen MR) is 30.1 cm³/mol. The summed E-state index contributed by atoms with van der Waals surface area (Å²) in [6, 6.07) is 0. The summed E-state index contributed by atoms with van der Waals surface area (Å²) < 4.78 is 47.7. The largest absolute Gasteiger partial charge is 0.464 e. The number of carbonyl (C=O) groups excluding carboxylic acids is 1. The highest BCUT2D eigenvalue weighted by Gasteiger charge is 2.52. The number of methoxy groups -OCH3 is 1. The fraction of sp³-hybridized carbons (Fsp3) is 0.667. The molecule has 5 nitrogen and oxygen atoms in total. The third-order valence-corrected chi connectivity index (χ3v) is 1.66. The molecule has 2 N–H and O–H groups in total. The summed E-state index contributed by atoms with van der Waals surface area (Å²) in [6.45, 7) is 0. The lowest BCUT2D eigenvalue weighted by molar-refractivity contribution is -0.157. The van der Waals surface area contributed by atoms with Gasteiger partial charge in [0.15, 0.2) is 0 Å². The quantitative estimate of drug-likeness (QED) is 0.567. The van der Waals surface area contributed by atoms with Crippen LogP contribution in [0.5, 0.6) is 0 Å². The Labute approximate surface area is 61.2 Å². The molecule has 0 saturated heterocycles. The third-order valence-electron chi connectivity index (χ3n) is 0.780. The van der Waals surface area contributed by atoms with Crippen molar-refractivity contribution in [1.82, 2.24) is 0 Å². The van der Waals surface area contributed by atoms with Gasteiger partial charge in [-0.1, -0.05) is 0 Å². The molecule has 0 aromatic heterocycles. The van der Waals surface area contributed by atoms with Crippen molar-refractivity contribution < 1.29 is 26.7 Å². The van der Waals surface area contributed by atoms with Crippen LogP contribution in [-0.2, 0) is 19.6 Å². The van der Waals surface area contributed by atoms with E-state index in [4.69, 9.17) is 0 Å². The maximum atomic E-state index is 12.1. The van der Waals surface area contributed by atoms with Gasteiger partial charge in [0.25, 0.3) is 10.0 Å². The molecule has 8 heteroatoms. The van der Waals surface area contributed by atoms with Crippen LogP contribution < -0.4 is 5.14 Å². The zero-order chi connectivity index (χ0) is 9.28. The van der Waals surface area contributed by atoms with Crippen LogP contribution in [0.4, 0.5) is 8.78 Å². The van der Waals surface area contributed by atoms with Crippen molar-refractivity contribution in [2.45, 2.75) is 5.25 Å². The number of rotatable bonds is 2. The van der Waals surface area contributed by atoms with E-state index in [0.717, 1.165) is 0 Å². The zero-order valence-corrected chi connectivity index (χ0v) is 6.19. The minimum Gasteiger partial charge on any atom is -0.464 e. The standard InChI is InChI=1S/C3H5F2NO4S/c1-10-2(7)3(4,5)11(6,8)9/h1H3,(H2,6,8,9). The summed E-state index contributed by atoms with van der Waals surface area (Å²) in [5.41, 5.74) is 0. The van der Waals surface area contributed by atoms with Gasteiger partial charge >= 0.3 is 11.2 Å². The highest BCUT2D eigenvalue weighted by atomic mass is 32.2. The molecule has 0 fully saturated rings. The summed E-state index contributed by atoms with van der Waals surface area (Å²) >= 11 is 0. The first-order chi connectivity index (χ1) is 4.73. The lowest BCUT2D eigenvalue weighted by Gasteiger charge is -2.09. The molecule has 0 radical (unpaired) electrons. The number of esters is 1. The molecule has 66 valence electrons. The first-order valence-electron chi connectivity index (χ1n) is 2.22. The lowest BCUT2D eigenvalue weighted by atomic mass is 10.7. The van der Waals surface area contributed by atoms with Crippen molar-refractivity contribution in [3.63, 3.8) is 0 Å². The molecule has 0 spiro atoms. The average molecular weight is 189 g/mol. The minimum absolute atomic E-state index is 0.626. The zero-order valence-electron chi connectivity index (χ0n) is 5.37. The number of sulfonamides is 1. The van der Waals surface area contributed by atoms with Gasteiger partial charge in [0.05, 0.1) is 7.11 Å². The lowest BCUT2D eigenvalue weighted by Crippen LogP contribution is -2.43. The van der Waals surface area contributed by atoms with E-state index in [0.29, 0.717) is 7.11 Å². The number of nitrogens with two attached hydrogens (primary N) is 1. The number of alkyl halides is 2. The Balaban J connectivity index is 4.90. The van der Waals surface area contributed by atoms with Gasteiger partial charge in [0.1, 0.15) is 0 Å². The van der Waals surface area contributed by atoms with Crippen molar-refractivity contribution in [2.24, 2.45) is 5.14 Å². The Morgan fingerprint density at radius 3 is 2.00 bits per heavy atom. The van der Waals surface area contributed by atoms with Crippen molar-refractivity contribution in [1.29, 1.82) is 0 Å². The minimum atomic E-state index is -5.22. The smallest absolute Gasteiger partial charge is 0.454 e. The van der Waals surface area contributed by atoms with E-state index in [-0.39, 0.29) is 0 Å². The first-order valence-corrected chi connectivity index (χ1v) is 3.76. The number of halogens is 2. The molecule has 0 saturated carbocycles. The van der Waals surface area contributed by atoms with Gasteiger partial charge in [-0.15, -0.1) is 0 Å². The van der Waals surface area contributed by atoms with Gasteiger partial charge in [-0.25, -0.2) is 18.4 Å². The maximum Gasteiger partial charge on any atom is 0.454 e. The molecule has 0 heterocycles. The number of hydrogen-bond donors (Lipinski definition) is 1. The van der Waals surface area contributed by atoms with Crippen LogP contribution in [0.1, 0.15) is 0 Å². The Kier molecular flexibility index (Phi) is 2.51. The molecule has 0 unspecified atom stereocenters. The van der Waals surface area contributed by atoms with Gasteiger partial charge < -0.3 is 4.74 Å². The molecule has 0 aliphatic heterocycles. The molecule has 0 aromatic rings. The molecule has 0 aliphatic carbocycles. The van der Waals surface area contributed by atoms with Gasteiger partial charge in [-0.3, -0.25) is 0 Å². The number of hydrogen-bond acceptors (Lipinski definition) is 4. The monoisotopic (exact) mass is 189 g/mol. The highest BCUT2D eigenvalue weighted by Crippen LogP contribution is 2.19. The topological polar surface area (TPSA) is 86.5 Å². The molecule has 0 atom stereocenters. The second kappa shape index (κ2) is 2.70. The maximum absolute atomic E-state index is 12.1. The van der Waals surface area contributed by atoms with E-state index >= 15 is 0 Å². The summed E-state index contributed by atoms with van der Waals surface area (Å²) in [4.78, 5) is 10.0. The Hall–Kier alpha value is -0.760. The van der Waals surface area contributed by atoms with E-state index in [2.05, 4.69) is 9.88 Å². The van der Waals surface area contributed by atoms with E-state index in [1.165, 1.54) is 0 Å². The van der Waals surface area contributed by atoms with E-state index < -0.39 is 21.2 Å². The first kappa shape index (κ1) is 10.2. The van der Waals surface area contributed by atoms with Crippen molar-refractivity contribution in [2.75, 3.05) is 7.11 Å². The summed E-state index contributed by atoms with van der Waals surface area (Å²) in [5, 5.41) is -0.654. The van der Waals surface area contributed by atoms with Gasteiger partial charge in [0, 0.05) is 0 Å². The molecule has 0 aliphatic rings. The van der Waals surface area contributed by atoms with Crippen LogP contribution in [0, 0.1) is 0 Å². The van der Waals surface area contributed by atoms with E-state index in [9.17, 15) is 22.0 Å². The summed E-state index contributed by atoms with van der Waals surface area (Å²) in [6.07, 6.45) is 0. The summed E-state index contributed by atoms with van der Waals surface area (Å²) in [5.74, 6) is -2.19. The van der Waals surface area contributed by atoms with Crippen LogP contribution >= 0.6 is 0 Å². The fourth-order valence-electron chi connectivity index (χ4n) is 0.235. The van der Waals surface area contributed by atoms with E-state index in [1.54, 1.807) is 0 Å². The van der Waals surface area contributed by atoms with Crippen molar-refractivity contribution >= 4 is 16.0 Å². The second-order valence-electron chi connectivity index (χ2n) is 1.55.